The standard InChI is InChI=1S/C18H29N3O3/c1-18(2)15(14-7-11-24-16(14)18)21-17(19-3)20-8-5-9-22-12-13-6-4-10-23-13/h4,6,10,14-16H,5,7-9,11-12H2,1-3H3,(H2,19,20,21). The lowest BCUT2D eigenvalue weighted by molar-refractivity contribution is -0.106. The van der Waals surface area contributed by atoms with E-state index in [2.05, 4.69) is 29.5 Å². The molecule has 1 aromatic rings. The molecule has 1 saturated carbocycles. The van der Waals surface area contributed by atoms with E-state index >= 15 is 0 Å². The molecule has 1 aromatic heterocycles. The van der Waals surface area contributed by atoms with Crippen LogP contribution >= 0.6 is 0 Å². The van der Waals surface area contributed by atoms with Crippen molar-refractivity contribution in [2.24, 2.45) is 16.3 Å². The van der Waals surface area contributed by atoms with Gasteiger partial charge in [0, 0.05) is 44.2 Å². The Morgan fingerprint density at radius 1 is 1.46 bits per heavy atom. The second kappa shape index (κ2) is 7.57. The van der Waals surface area contributed by atoms with Gasteiger partial charge in [-0.2, -0.15) is 0 Å². The van der Waals surface area contributed by atoms with E-state index in [-0.39, 0.29) is 5.41 Å². The summed E-state index contributed by atoms with van der Waals surface area (Å²) < 4.78 is 16.7. The maximum atomic E-state index is 5.84. The third-order valence-electron chi connectivity index (χ3n) is 5.20. The minimum atomic E-state index is 0.158. The molecule has 1 aliphatic carbocycles. The third-order valence-corrected chi connectivity index (χ3v) is 5.20. The Labute approximate surface area is 144 Å². The van der Waals surface area contributed by atoms with Gasteiger partial charge in [0.2, 0.25) is 0 Å². The average Bonchev–Trinajstić information content (AvgIpc) is 3.23. The van der Waals surface area contributed by atoms with E-state index in [0.29, 0.717) is 31.3 Å². The molecule has 0 radical (unpaired) electrons. The Balaban J connectivity index is 1.34. The lowest BCUT2D eigenvalue weighted by Crippen LogP contribution is -2.68. The van der Waals surface area contributed by atoms with E-state index in [0.717, 1.165) is 37.7 Å². The summed E-state index contributed by atoms with van der Waals surface area (Å²) in [6.07, 6.45) is 4.12. The molecule has 2 N–H and O–H groups in total. The summed E-state index contributed by atoms with van der Waals surface area (Å²) in [6, 6.07) is 4.22. The molecule has 134 valence electrons. The van der Waals surface area contributed by atoms with E-state index in [1.165, 1.54) is 0 Å². The van der Waals surface area contributed by atoms with Gasteiger partial charge >= 0.3 is 0 Å². The lowest BCUT2D eigenvalue weighted by atomic mass is 9.57. The van der Waals surface area contributed by atoms with Gasteiger partial charge in [-0.1, -0.05) is 13.8 Å². The van der Waals surface area contributed by atoms with Crippen molar-refractivity contribution in [3.63, 3.8) is 0 Å². The van der Waals surface area contributed by atoms with E-state index in [4.69, 9.17) is 13.9 Å². The number of nitrogens with one attached hydrogen (secondary N) is 2. The van der Waals surface area contributed by atoms with Gasteiger partial charge in [-0.05, 0) is 25.0 Å². The van der Waals surface area contributed by atoms with Crippen LogP contribution in [0.3, 0.4) is 0 Å². The SMILES string of the molecule is CN=C(NCCCOCc1ccco1)NC1C2CCOC2C1(C)C. The van der Waals surface area contributed by atoms with Crippen molar-refractivity contribution in [2.45, 2.75) is 45.4 Å². The Kier molecular flexibility index (Phi) is 5.46. The fraction of sp³-hybridized carbons (Fsp3) is 0.722. The zero-order chi connectivity index (χ0) is 17.0. The highest BCUT2D eigenvalue weighted by molar-refractivity contribution is 5.80. The van der Waals surface area contributed by atoms with E-state index in [9.17, 15) is 0 Å². The van der Waals surface area contributed by atoms with E-state index in [1.807, 2.05) is 19.2 Å². The molecule has 6 heteroatoms. The molecule has 2 aliphatic rings. The highest BCUT2D eigenvalue weighted by Crippen LogP contribution is 2.52. The quantitative estimate of drug-likeness (QED) is 0.454. The van der Waals surface area contributed by atoms with Gasteiger partial charge < -0.3 is 24.5 Å². The summed E-state index contributed by atoms with van der Waals surface area (Å²) in [4.78, 5) is 4.35. The number of hydrogen-bond donors (Lipinski definition) is 2. The summed E-state index contributed by atoms with van der Waals surface area (Å²) in [6.45, 7) is 7.48. The van der Waals surface area contributed by atoms with Crippen LogP contribution in [0, 0.1) is 11.3 Å². The minimum absolute atomic E-state index is 0.158. The summed E-state index contributed by atoms with van der Waals surface area (Å²) in [5, 5.41) is 6.96. The second-order valence-corrected chi connectivity index (χ2v) is 7.17. The molecule has 3 rings (SSSR count). The van der Waals surface area contributed by atoms with Crippen molar-refractivity contribution in [1.82, 2.24) is 10.6 Å². The minimum Gasteiger partial charge on any atom is -0.467 e. The van der Waals surface area contributed by atoms with Crippen molar-refractivity contribution in [3.8, 4) is 0 Å². The molecule has 2 fully saturated rings. The zero-order valence-corrected chi connectivity index (χ0v) is 14.9. The van der Waals surface area contributed by atoms with Crippen molar-refractivity contribution in [1.29, 1.82) is 0 Å². The first-order valence-electron chi connectivity index (χ1n) is 8.82. The molecule has 6 nitrogen and oxygen atoms in total. The van der Waals surface area contributed by atoms with Gasteiger partial charge in [-0.25, -0.2) is 0 Å². The van der Waals surface area contributed by atoms with Crippen LogP contribution in [0.4, 0.5) is 0 Å². The predicted molar refractivity (Wildman–Crippen MR) is 92.9 cm³/mol. The molecule has 3 atom stereocenters. The van der Waals surface area contributed by atoms with Gasteiger partial charge in [-0.15, -0.1) is 0 Å². The normalized spacial score (nSPS) is 28.3. The van der Waals surface area contributed by atoms with Crippen LogP contribution in [0.25, 0.3) is 0 Å². The van der Waals surface area contributed by atoms with Crippen molar-refractivity contribution < 1.29 is 13.9 Å². The van der Waals surface area contributed by atoms with Crippen LogP contribution in [0.1, 0.15) is 32.4 Å². The molecule has 1 saturated heterocycles. The van der Waals surface area contributed by atoms with Crippen LogP contribution in [-0.2, 0) is 16.1 Å². The fourth-order valence-electron chi connectivity index (χ4n) is 3.91. The molecule has 0 amide bonds. The van der Waals surface area contributed by atoms with Gasteiger partial charge in [0.05, 0.1) is 12.4 Å². The number of guanidine groups is 1. The molecule has 1 aliphatic heterocycles. The lowest BCUT2D eigenvalue weighted by Gasteiger charge is -2.54. The maximum Gasteiger partial charge on any atom is 0.191 e. The van der Waals surface area contributed by atoms with Crippen LogP contribution in [-0.4, -0.2) is 44.9 Å². The first-order valence-corrected chi connectivity index (χ1v) is 8.82. The zero-order valence-electron chi connectivity index (χ0n) is 14.9. The van der Waals surface area contributed by atoms with Gasteiger partial charge in [0.25, 0.3) is 0 Å². The third kappa shape index (κ3) is 3.59. The molecule has 0 aromatic carbocycles. The second-order valence-electron chi connectivity index (χ2n) is 7.17. The van der Waals surface area contributed by atoms with Crippen molar-refractivity contribution in [3.05, 3.63) is 24.2 Å². The average molecular weight is 335 g/mol. The van der Waals surface area contributed by atoms with Crippen molar-refractivity contribution in [2.75, 3.05) is 26.8 Å². The highest BCUT2D eigenvalue weighted by atomic mass is 16.5. The van der Waals surface area contributed by atoms with Gasteiger partial charge in [0.15, 0.2) is 5.96 Å². The summed E-state index contributed by atoms with van der Waals surface area (Å²) in [5.74, 6) is 2.33. The Hall–Kier alpha value is -1.53. The summed E-state index contributed by atoms with van der Waals surface area (Å²) in [7, 11) is 1.82. The number of hydrogen-bond acceptors (Lipinski definition) is 4. The molecule has 0 bridgehead atoms. The van der Waals surface area contributed by atoms with Crippen LogP contribution < -0.4 is 10.6 Å². The number of rotatable bonds is 7. The van der Waals surface area contributed by atoms with Crippen LogP contribution in [0.15, 0.2) is 27.8 Å². The first kappa shape index (κ1) is 17.3. The number of ether oxygens (including phenoxy) is 2. The summed E-state index contributed by atoms with van der Waals surface area (Å²) >= 11 is 0. The smallest absolute Gasteiger partial charge is 0.191 e. The van der Waals surface area contributed by atoms with E-state index in [1.54, 1.807) is 6.26 Å². The number of fused-ring (bicyclic) bond motifs is 1. The fourth-order valence-corrected chi connectivity index (χ4v) is 3.91. The molecule has 3 unspecified atom stereocenters. The van der Waals surface area contributed by atoms with Crippen LogP contribution in [0.5, 0.6) is 0 Å². The molecule has 24 heavy (non-hydrogen) atoms. The monoisotopic (exact) mass is 335 g/mol. The highest BCUT2D eigenvalue weighted by Gasteiger charge is 2.59. The Bertz CT molecular complexity index is 542. The molecular formula is C18H29N3O3. The predicted octanol–water partition coefficient (Wildman–Crippen LogP) is 2.16. The van der Waals surface area contributed by atoms with E-state index < -0.39 is 0 Å². The first-order chi connectivity index (χ1) is 11.6. The Morgan fingerprint density at radius 2 is 2.33 bits per heavy atom. The number of furan rings is 1. The summed E-state index contributed by atoms with van der Waals surface area (Å²) in [5.41, 5.74) is 0.158. The van der Waals surface area contributed by atoms with Crippen LogP contribution in [0.2, 0.25) is 0 Å². The number of aliphatic imine (C=N–C) groups is 1. The molecular weight excluding hydrogens is 306 g/mol. The number of nitrogens with zero attached hydrogens (tertiary/aromatic N) is 1. The topological polar surface area (TPSA) is 68.0 Å². The van der Waals surface area contributed by atoms with Gasteiger partial charge in [-0.3, -0.25) is 4.99 Å². The molecule has 2 heterocycles. The largest absolute Gasteiger partial charge is 0.467 e. The molecule has 0 spiro atoms. The Morgan fingerprint density at radius 3 is 3.08 bits per heavy atom. The maximum absolute atomic E-state index is 5.84. The van der Waals surface area contributed by atoms with Crippen molar-refractivity contribution >= 4 is 5.96 Å². The van der Waals surface area contributed by atoms with Gasteiger partial charge in [0.1, 0.15) is 12.4 Å².